The molecule has 1 aliphatic carbocycles. The predicted molar refractivity (Wildman–Crippen MR) is 60.0 cm³/mol. The van der Waals surface area contributed by atoms with Gasteiger partial charge < -0.3 is 15.7 Å². The topological polar surface area (TPSA) is 102 Å². The Labute approximate surface area is 100.0 Å². The maximum Gasteiger partial charge on any atom is 0.306 e. The summed E-state index contributed by atoms with van der Waals surface area (Å²) in [5.74, 6) is -1.16. The highest BCUT2D eigenvalue weighted by atomic mass is 16.4. The van der Waals surface area contributed by atoms with Crippen LogP contribution in [0.2, 0.25) is 0 Å². The van der Waals surface area contributed by atoms with Crippen molar-refractivity contribution >= 4 is 11.9 Å². The first-order valence-corrected chi connectivity index (χ1v) is 5.73. The van der Waals surface area contributed by atoms with Crippen LogP contribution in [0.3, 0.4) is 0 Å². The van der Waals surface area contributed by atoms with Crippen LogP contribution in [0.4, 0.5) is 0 Å². The molecule has 0 aromatic heterocycles. The summed E-state index contributed by atoms with van der Waals surface area (Å²) in [6.45, 7) is 0.205. The number of aliphatic carboxylic acids is 1. The van der Waals surface area contributed by atoms with E-state index in [1.807, 2.05) is 6.07 Å². The number of carboxylic acid groups (broad SMARTS) is 1. The van der Waals surface area contributed by atoms with Crippen LogP contribution in [0.15, 0.2) is 0 Å². The zero-order chi connectivity index (χ0) is 12.7. The third-order valence-corrected chi connectivity index (χ3v) is 2.99. The Morgan fingerprint density at radius 2 is 1.94 bits per heavy atom. The zero-order valence-corrected chi connectivity index (χ0v) is 9.61. The smallest absolute Gasteiger partial charge is 0.306 e. The monoisotopic (exact) mass is 239 g/mol. The van der Waals surface area contributed by atoms with Crippen LogP contribution < -0.4 is 10.6 Å². The van der Waals surface area contributed by atoms with E-state index in [-0.39, 0.29) is 31.0 Å². The van der Waals surface area contributed by atoms with Gasteiger partial charge in [-0.15, -0.1) is 0 Å². The number of hydrogen-bond acceptors (Lipinski definition) is 4. The second-order valence-electron chi connectivity index (χ2n) is 4.20. The Balaban J connectivity index is 2.16. The summed E-state index contributed by atoms with van der Waals surface area (Å²) >= 11 is 0. The third-order valence-electron chi connectivity index (χ3n) is 2.99. The average Bonchev–Trinajstić information content (AvgIpc) is 2.34. The summed E-state index contributed by atoms with van der Waals surface area (Å²) in [5, 5.41) is 22.6. The van der Waals surface area contributed by atoms with Gasteiger partial charge in [0.05, 0.1) is 18.5 Å². The number of carbonyl (C=O) groups is 2. The van der Waals surface area contributed by atoms with Crippen LogP contribution in [0, 0.1) is 17.2 Å². The molecule has 0 aromatic rings. The molecule has 1 saturated carbocycles. The molecular formula is C11H17N3O3. The van der Waals surface area contributed by atoms with Gasteiger partial charge in [0.1, 0.15) is 6.54 Å². The molecule has 6 heteroatoms. The van der Waals surface area contributed by atoms with Gasteiger partial charge in [-0.1, -0.05) is 0 Å². The normalized spacial score (nSPS) is 23.7. The third kappa shape index (κ3) is 4.83. The molecule has 0 aliphatic heterocycles. The van der Waals surface area contributed by atoms with Gasteiger partial charge in [-0.25, -0.2) is 0 Å². The average molecular weight is 239 g/mol. The fraction of sp³-hybridized carbons (Fsp3) is 0.727. The van der Waals surface area contributed by atoms with Crippen LogP contribution in [0.1, 0.15) is 25.7 Å². The number of carboxylic acids is 1. The van der Waals surface area contributed by atoms with Crippen molar-refractivity contribution in [2.24, 2.45) is 5.92 Å². The van der Waals surface area contributed by atoms with Gasteiger partial charge >= 0.3 is 5.97 Å². The van der Waals surface area contributed by atoms with E-state index in [1.54, 1.807) is 0 Å². The van der Waals surface area contributed by atoms with Crippen LogP contribution >= 0.6 is 0 Å². The Kier molecular flexibility index (Phi) is 5.43. The first-order valence-electron chi connectivity index (χ1n) is 5.73. The molecule has 6 nitrogen and oxygen atoms in total. The van der Waals surface area contributed by atoms with Gasteiger partial charge in [0, 0.05) is 6.04 Å². The highest BCUT2D eigenvalue weighted by molar-refractivity contribution is 5.78. The Morgan fingerprint density at radius 1 is 1.29 bits per heavy atom. The SMILES string of the molecule is N#CCNC(=O)CNC1CCC(C(=O)O)CC1. The second kappa shape index (κ2) is 6.86. The number of nitrogens with zero attached hydrogens (tertiary/aromatic N) is 1. The zero-order valence-electron chi connectivity index (χ0n) is 9.61. The lowest BCUT2D eigenvalue weighted by atomic mass is 9.86. The highest BCUT2D eigenvalue weighted by Gasteiger charge is 2.25. The maximum atomic E-state index is 11.2. The number of amides is 1. The number of nitriles is 1. The van der Waals surface area contributed by atoms with E-state index in [2.05, 4.69) is 10.6 Å². The van der Waals surface area contributed by atoms with Gasteiger partial charge in [0.2, 0.25) is 5.91 Å². The second-order valence-corrected chi connectivity index (χ2v) is 4.20. The molecule has 0 saturated heterocycles. The van der Waals surface area contributed by atoms with Gasteiger partial charge in [0.15, 0.2) is 0 Å². The standard InChI is InChI=1S/C11H17N3O3/c12-5-6-13-10(15)7-14-9-3-1-8(2-4-9)11(16)17/h8-9,14H,1-4,6-7H2,(H,13,15)(H,16,17). The molecule has 1 aliphatic rings. The molecule has 0 radical (unpaired) electrons. The molecule has 17 heavy (non-hydrogen) atoms. The summed E-state index contributed by atoms with van der Waals surface area (Å²) in [7, 11) is 0. The van der Waals surface area contributed by atoms with Crippen molar-refractivity contribution in [2.75, 3.05) is 13.1 Å². The lowest BCUT2D eigenvalue weighted by Crippen LogP contribution is -2.41. The first-order chi connectivity index (χ1) is 8.13. The van der Waals surface area contributed by atoms with Gasteiger partial charge in [-0.3, -0.25) is 9.59 Å². The molecule has 1 fully saturated rings. The van der Waals surface area contributed by atoms with E-state index in [0.29, 0.717) is 12.8 Å². The summed E-state index contributed by atoms with van der Waals surface area (Å²) in [6.07, 6.45) is 2.88. The molecule has 0 heterocycles. The quantitative estimate of drug-likeness (QED) is 0.579. The van der Waals surface area contributed by atoms with Crippen LogP contribution in [-0.4, -0.2) is 36.1 Å². The molecule has 94 valence electrons. The fourth-order valence-electron chi connectivity index (χ4n) is 1.98. The van der Waals surface area contributed by atoms with Crippen molar-refractivity contribution in [1.82, 2.24) is 10.6 Å². The van der Waals surface area contributed by atoms with E-state index < -0.39 is 5.97 Å². The molecular weight excluding hydrogens is 222 g/mol. The van der Waals surface area contributed by atoms with Gasteiger partial charge in [-0.05, 0) is 25.7 Å². The minimum atomic E-state index is -0.727. The lowest BCUT2D eigenvalue weighted by Gasteiger charge is -2.26. The molecule has 0 spiro atoms. The van der Waals surface area contributed by atoms with Gasteiger partial charge in [-0.2, -0.15) is 5.26 Å². The minimum absolute atomic E-state index is 0.0201. The maximum absolute atomic E-state index is 11.2. The van der Waals surface area contributed by atoms with Crippen molar-refractivity contribution in [2.45, 2.75) is 31.7 Å². The van der Waals surface area contributed by atoms with Gasteiger partial charge in [0.25, 0.3) is 0 Å². The summed E-state index contributed by atoms with van der Waals surface area (Å²) in [6, 6.07) is 2.04. The number of carbonyl (C=O) groups excluding carboxylic acids is 1. The molecule has 1 amide bonds. The Bertz CT molecular complexity index is 316. The minimum Gasteiger partial charge on any atom is -0.481 e. The fourth-order valence-corrected chi connectivity index (χ4v) is 1.98. The molecule has 0 unspecified atom stereocenters. The summed E-state index contributed by atoms with van der Waals surface area (Å²) < 4.78 is 0. The van der Waals surface area contributed by atoms with E-state index in [9.17, 15) is 9.59 Å². The largest absolute Gasteiger partial charge is 0.481 e. The molecule has 0 atom stereocenters. The molecule has 1 rings (SSSR count). The predicted octanol–water partition coefficient (Wildman–Crippen LogP) is -0.141. The Hall–Kier alpha value is -1.61. The van der Waals surface area contributed by atoms with E-state index >= 15 is 0 Å². The van der Waals surface area contributed by atoms with Crippen molar-refractivity contribution in [3.05, 3.63) is 0 Å². The van der Waals surface area contributed by atoms with E-state index in [0.717, 1.165) is 12.8 Å². The van der Waals surface area contributed by atoms with E-state index in [1.165, 1.54) is 0 Å². The number of hydrogen-bond donors (Lipinski definition) is 3. The van der Waals surface area contributed by atoms with Crippen molar-refractivity contribution < 1.29 is 14.7 Å². The molecule has 0 bridgehead atoms. The highest BCUT2D eigenvalue weighted by Crippen LogP contribution is 2.24. The summed E-state index contributed by atoms with van der Waals surface area (Å²) in [4.78, 5) is 21.9. The van der Waals surface area contributed by atoms with Crippen LogP contribution in [0.5, 0.6) is 0 Å². The lowest BCUT2D eigenvalue weighted by molar-refractivity contribution is -0.143. The molecule has 0 aromatic carbocycles. The van der Waals surface area contributed by atoms with Crippen molar-refractivity contribution in [1.29, 1.82) is 5.26 Å². The van der Waals surface area contributed by atoms with E-state index in [4.69, 9.17) is 10.4 Å². The van der Waals surface area contributed by atoms with Crippen molar-refractivity contribution in [3.63, 3.8) is 0 Å². The first kappa shape index (κ1) is 13.5. The molecule has 3 N–H and O–H groups in total. The number of rotatable bonds is 5. The van der Waals surface area contributed by atoms with Crippen LogP contribution in [-0.2, 0) is 9.59 Å². The Morgan fingerprint density at radius 3 is 2.47 bits per heavy atom. The summed E-state index contributed by atoms with van der Waals surface area (Å²) in [5.41, 5.74) is 0. The number of nitrogens with one attached hydrogen (secondary N) is 2. The van der Waals surface area contributed by atoms with Crippen LogP contribution in [0.25, 0.3) is 0 Å². The van der Waals surface area contributed by atoms with Crippen molar-refractivity contribution in [3.8, 4) is 6.07 Å².